The molecule has 1 aliphatic rings. The fourth-order valence-corrected chi connectivity index (χ4v) is 3.71. The van der Waals surface area contributed by atoms with Crippen molar-refractivity contribution in [3.05, 3.63) is 42.0 Å². The van der Waals surface area contributed by atoms with Crippen molar-refractivity contribution in [1.29, 1.82) is 0 Å². The lowest BCUT2D eigenvalue weighted by molar-refractivity contribution is 0.198. The van der Waals surface area contributed by atoms with Gasteiger partial charge in [0.05, 0.1) is 13.2 Å². The quantitative estimate of drug-likeness (QED) is 0.743. The molecule has 0 amide bonds. The van der Waals surface area contributed by atoms with Crippen LogP contribution in [-0.2, 0) is 0 Å². The largest absolute Gasteiger partial charge is 0.494 e. The highest BCUT2D eigenvalue weighted by Crippen LogP contribution is 2.40. The molecule has 130 valence electrons. The molecule has 2 unspecified atom stereocenters. The second kappa shape index (κ2) is 7.54. The second-order valence-corrected chi connectivity index (χ2v) is 7.28. The van der Waals surface area contributed by atoms with Crippen LogP contribution in [-0.4, -0.2) is 23.9 Å². The van der Waals surface area contributed by atoms with E-state index in [0.717, 1.165) is 38.0 Å². The minimum absolute atomic E-state index is 0.0792. The molecule has 3 nitrogen and oxygen atoms in total. The Balaban J connectivity index is 1.71. The van der Waals surface area contributed by atoms with Gasteiger partial charge < -0.3 is 15.6 Å². The van der Waals surface area contributed by atoms with E-state index in [0.29, 0.717) is 5.92 Å². The summed E-state index contributed by atoms with van der Waals surface area (Å²) in [4.78, 5) is 0. The molecule has 1 aliphatic carbocycles. The zero-order chi connectivity index (χ0) is 17.0. The minimum Gasteiger partial charge on any atom is -0.494 e. The Labute approximate surface area is 144 Å². The fourth-order valence-electron chi connectivity index (χ4n) is 3.71. The fraction of sp³-hybridized carbons (Fsp3) is 0.524. The summed E-state index contributed by atoms with van der Waals surface area (Å²) >= 11 is 0. The van der Waals surface area contributed by atoms with E-state index >= 15 is 0 Å². The van der Waals surface area contributed by atoms with Crippen molar-refractivity contribution in [1.82, 2.24) is 0 Å². The molecule has 0 heterocycles. The summed E-state index contributed by atoms with van der Waals surface area (Å²) in [5.74, 6) is 1.41. The number of benzene rings is 2. The maximum Gasteiger partial charge on any atom is 0.119 e. The number of unbranched alkanes of at least 4 members (excludes halogenated alkanes) is 2. The highest BCUT2D eigenvalue weighted by atomic mass is 16.5. The molecular weight excluding hydrogens is 298 g/mol. The summed E-state index contributed by atoms with van der Waals surface area (Å²) in [5.41, 5.74) is 7.16. The van der Waals surface area contributed by atoms with Gasteiger partial charge in [0.1, 0.15) is 5.75 Å². The van der Waals surface area contributed by atoms with E-state index in [1.54, 1.807) is 0 Å². The number of aliphatic hydroxyl groups is 1. The molecule has 3 N–H and O–H groups in total. The monoisotopic (exact) mass is 327 g/mol. The average Bonchev–Trinajstić information content (AvgIpc) is 3.01. The van der Waals surface area contributed by atoms with Crippen molar-refractivity contribution in [3.8, 4) is 5.75 Å². The molecule has 0 bridgehead atoms. The van der Waals surface area contributed by atoms with E-state index in [4.69, 9.17) is 10.5 Å². The van der Waals surface area contributed by atoms with Gasteiger partial charge in [0, 0.05) is 5.54 Å². The van der Waals surface area contributed by atoms with E-state index in [9.17, 15) is 5.11 Å². The Bertz CT molecular complexity index is 685. The first-order chi connectivity index (χ1) is 11.6. The number of fused-ring (bicyclic) bond motifs is 1. The SMILES string of the molecule is CCCCCOc1ccc2cc(C3CCC(N)(CO)C3)ccc2c1. The van der Waals surface area contributed by atoms with Crippen molar-refractivity contribution in [2.75, 3.05) is 13.2 Å². The van der Waals surface area contributed by atoms with Gasteiger partial charge in [-0.1, -0.05) is 44.0 Å². The first-order valence-electron chi connectivity index (χ1n) is 9.20. The summed E-state index contributed by atoms with van der Waals surface area (Å²) in [5, 5.41) is 11.9. The molecule has 1 fully saturated rings. The van der Waals surface area contributed by atoms with E-state index in [1.165, 1.54) is 29.2 Å². The van der Waals surface area contributed by atoms with Crippen LogP contribution < -0.4 is 10.5 Å². The third-order valence-corrected chi connectivity index (χ3v) is 5.28. The van der Waals surface area contributed by atoms with Gasteiger partial charge in [-0.3, -0.25) is 0 Å². The molecule has 2 atom stereocenters. The molecule has 0 aromatic heterocycles. The molecule has 2 aromatic carbocycles. The zero-order valence-electron chi connectivity index (χ0n) is 14.6. The Hall–Kier alpha value is -1.58. The number of hydrogen-bond acceptors (Lipinski definition) is 3. The lowest BCUT2D eigenvalue weighted by atomic mass is 9.92. The van der Waals surface area contributed by atoms with Crippen LogP contribution in [0.2, 0.25) is 0 Å². The third-order valence-electron chi connectivity index (χ3n) is 5.28. The lowest BCUT2D eigenvalue weighted by Crippen LogP contribution is -2.40. The van der Waals surface area contributed by atoms with Gasteiger partial charge in [-0.2, -0.15) is 0 Å². The highest BCUT2D eigenvalue weighted by molar-refractivity contribution is 5.84. The van der Waals surface area contributed by atoms with Crippen LogP contribution in [0.4, 0.5) is 0 Å². The molecule has 0 saturated heterocycles. The Morgan fingerprint density at radius 2 is 1.96 bits per heavy atom. The van der Waals surface area contributed by atoms with Crippen molar-refractivity contribution in [2.45, 2.75) is 56.9 Å². The second-order valence-electron chi connectivity index (χ2n) is 7.28. The number of rotatable bonds is 7. The van der Waals surface area contributed by atoms with Gasteiger partial charge in [0.15, 0.2) is 0 Å². The van der Waals surface area contributed by atoms with Crippen LogP contribution in [0.1, 0.15) is 56.9 Å². The lowest BCUT2D eigenvalue weighted by Gasteiger charge is -2.21. The first-order valence-corrected chi connectivity index (χ1v) is 9.20. The number of aliphatic hydroxyl groups excluding tert-OH is 1. The van der Waals surface area contributed by atoms with Crippen molar-refractivity contribution in [3.63, 3.8) is 0 Å². The summed E-state index contributed by atoms with van der Waals surface area (Å²) in [6.45, 7) is 3.07. The maximum atomic E-state index is 9.46. The highest BCUT2D eigenvalue weighted by Gasteiger charge is 2.35. The molecule has 0 radical (unpaired) electrons. The number of hydrogen-bond donors (Lipinski definition) is 2. The van der Waals surface area contributed by atoms with E-state index in [2.05, 4.69) is 43.3 Å². The minimum atomic E-state index is -0.393. The molecule has 24 heavy (non-hydrogen) atoms. The summed E-state index contributed by atoms with van der Waals surface area (Å²) in [7, 11) is 0. The van der Waals surface area contributed by atoms with Gasteiger partial charge in [-0.25, -0.2) is 0 Å². The summed E-state index contributed by atoms with van der Waals surface area (Å²) in [6.07, 6.45) is 6.37. The maximum absolute atomic E-state index is 9.46. The summed E-state index contributed by atoms with van der Waals surface area (Å²) in [6, 6.07) is 13.0. The molecule has 1 saturated carbocycles. The van der Waals surface area contributed by atoms with Crippen LogP contribution in [0.3, 0.4) is 0 Å². The van der Waals surface area contributed by atoms with Crippen LogP contribution in [0.15, 0.2) is 36.4 Å². The van der Waals surface area contributed by atoms with E-state index in [1.807, 2.05) is 0 Å². The van der Waals surface area contributed by atoms with Crippen LogP contribution in [0, 0.1) is 0 Å². The molecule has 3 heteroatoms. The molecule has 0 spiro atoms. The molecular formula is C21H29NO2. The van der Waals surface area contributed by atoms with Gasteiger partial charge >= 0.3 is 0 Å². The summed E-state index contributed by atoms with van der Waals surface area (Å²) < 4.78 is 5.84. The standard InChI is InChI=1S/C21H29NO2/c1-2-3-4-11-24-20-8-7-16-12-17(5-6-18(16)13-20)19-9-10-21(22,14-19)15-23/h5-8,12-13,19,23H,2-4,9-11,14-15,22H2,1H3. The van der Waals surface area contributed by atoms with E-state index in [-0.39, 0.29) is 6.61 Å². The smallest absolute Gasteiger partial charge is 0.119 e. The predicted molar refractivity (Wildman–Crippen MR) is 99.6 cm³/mol. The topological polar surface area (TPSA) is 55.5 Å². The normalized spacial score (nSPS) is 23.7. The molecule has 3 rings (SSSR count). The van der Waals surface area contributed by atoms with Gasteiger partial charge in [0.2, 0.25) is 0 Å². The molecule has 2 aromatic rings. The Morgan fingerprint density at radius 3 is 2.71 bits per heavy atom. The number of ether oxygens (including phenoxy) is 1. The van der Waals surface area contributed by atoms with Crippen molar-refractivity contribution < 1.29 is 9.84 Å². The van der Waals surface area contributed by atoms with Crippen molar-refractivity contribution in [2.24, 2.45) is 5.73 Å². The van der Waals surface area contributed by atoms with Gasteiger partial charge in [-0.05, 0) is 60.1 Å². The predicted octanol–water partition coefficient (Wildman–Crippen LogP) is 4.37. The van der Waals surface area contributed by atoms with Gasteiger partial charge in [-0.15, -0.1) is 0 Å². The number of nitrogens with two attached hydrogens (primary N) is 1. The average molecular weight is 327 g/mol. The van der Waals surface area contributed by atoms with E-state index < -0.39 is 5.54 Å². The van der Waals surface area contributed by atoms with Gasteiger partial charge in [0.25, 0.3) is 0 Å². The Morgan fingerprint density at radius 1 is 1.17 bits per heavy atom. The van der Waals surface area contributed by atoms with Crippen LogP contribution in [0.5, 0.6) is 5.75 Å². The Kier molecular flexibility index (Phi) is 5.42. The molecule has 0 aliphatic heterocycles. The van der Waals surface area contributed by atoms with Crippen molar-refractivity contribution >= 4 is 10.8 Å². The zero-order valence-corrected chi connectivity index (χ0v) is 14.6. The first kappa shape index (κ1) is 17.2. The van der Waals surface area contributed by atoms with Crippen LogP contribution in [0.25, 0.3) is 10.8 Å². The van der Waals surface area contributed by atoms with Crippen LogP contribution >= 0.6 is 0 Å². The third kappa shape index (κ3) is 3.90.